The molecule has 0 saturated carbocycles. The largest absolute Gasteiger partial charge is 0.465 e. The van der Waals surface area contributed by atoms with E-state index >= 15 is 0 Å². The molecule has 1 fully saturated rings. The highest BCUT2D eigenvalue weighted by molar-refractivity contribution is 5.65. The van der Waals surface area contributed by atoms with Crippen LogP contribution in [-0.2, 0) is 0 Å². The third kappa shape index (κ3) is 4.17. The predicted octanol–water partition coefficient (Wildman–Crippen LogP) is 4.01. The molecule has 2 aromatic rings. The van der Waals surface area contributed by atoms with Crippen molar-refractivity contribution in [1.29, 1.82) is 0 Å². The van der Waals surface area contributed by atoms with Gasteiger partial charge in [0.25, 0.3) is 0 Å². The summed E-state index contributed by atoms with van der Waals surface area (Å²) in [5.41, 5.74) is 2.16. The summed E-state index contributed by atoms with van der Waals surface area (Å²) in [6.45, 7) is 3.03. The van der Waals surface area contributed by atoms with E-state index in [0.29, 0.717) is 13.1 Å². The van der Waals surface area contributed by atoms with Gasteiger partial charge >= 0.3 is 6.09 Å². The van der Waals surface area contributed by atoms with Crippen LogP contribution in [0.4, 0.5) is 9.18 Å². The van der Waals surface area contributed by atoms with Crippen LogP contribution < -0.4 is 5.32 Å². The van der Waals surface area contributed by atoms with Crippen LogP contribution in [-0.4, -0.2) is 35.2 Å². The number of hydrogen-bond donors (Lipinski definition) is 2. The number of likely N-dealkylation sites (tertiary alicyclic amines) is 1. The Hall–Kier alpha value is -2.40. The van der Waals surface area contributed by atoms with Crippen LogP contribution in [0.3, 0.4) is 0 Å². The van der Waals surface area contributed by atoms with Crippen molar-refractivity contribution in [3.8, 4) is 0 Å². The normalized spacial score (nSPS) is 21.8. The van der Waals surface area contributed by atoms with E-state index in [4.69, 9.17) is 0 Å². The van der Waals surface area contributed by atoms with Crippen molar-refractivity contribution in [2.45, 2.75) is 31.3 Å². The molecule has 3 rings (SSSR count). The molecular formula is C20H23FN2O2. The first kappa shape index (κ1) is 17.4. The minimum absolute atomic E-state index is 0.00314. The van der Waals surface area contributed by atoms with Gasteiger partial charge in [-0.3, -0.25) is 0 Å². The van der Waals surface area contributed by atoms with Gasteiger partial charge in [0.05, 0.1) is 0 Å². The van der Waals surface area contributed by atoms with E-state index in [2.05, 4.69) is 24.4 Å². The number of carbonyl (C=O) groups is 1. The highest BCUT2D eigenvalue weighted by Gasteiger charge is 2.33. The molecule has 0 aliphatic carbocycles. The SMILES string of the molecule is CC(NC1CCN(C(=O)O)CC1c1ccc(F)cc1)c1ccccc1. The van der Waals surface area contributed by atoms with Crippen LogP contribution >= 0.6 is 0 Å². The highest BCUT2D eigenvalue weighted by atomic mass is 19.1. The van der Waals surface area contributed by atoms with E-state index in [9.17, 15) is 14.3 Å². The van der Waals surface area contributed by atoms with Gasteiger partial charge in [0.15, 0.2) is 0 Å². The second-order valence-corrected chi connectivity index (χ2v) is 6.58. The Morgan fingerprint density at radius 3 is 2.52 bits per heavy atom. The third-order valence-corrected chi connectivity index (χ3v) is 4.95. The Balaban J connectivity index is 1.80. The number of nitrogens with one attached hydrogen (secondary N) is 1. The van der Waals surface area contributed by atoms with Crippen LogP contribution in [0.1, 0.15) is 36.4 Å². The predicted molar refractivity (Wildman–Crippen MR) is 95.1 cm³/mol. The quantitative estimate of drug-likeness (QED) is 0.883. The lowest BCUT2D eigenvalue weighted by molar-refractivity contribution is 0.119. The molecule has 2 N–H and O–H groups in total. The molecule has 3 atom stereocenters. The number of hydrogen-bond acceptors (Lipinski definition) is 2. The van der Waals surface area contributed by atoms with Gasteiger partial charge in [-0.1, -0.05) is 42.5 Å². The summed E-state index contributed by atoms with van der Waals surface area (Å²) < 4.78 is 13.3. The van der Waals surface area contributed by atoms with E-state index in [1.165, 1.54) is 22.6 Å². The van der Waals surface area contributed by atoms with Gasteiger partial charge in [-0.15, -0.1) is 0 Å². The smallest absolute Gasteiger partial charge is 0.407 e. The third-order valence-electron chi connectivity index (χ3n) is 4.95. The maximum atomic E-state index is 13.3. The summed E-state index contributed by atoms with van der Waals surface area (Å²) in [5, 5.41) is 13.0. The standard InChI is InChI=1S/C20H23FN2O2/c1-14(15-5-3-2-4-6-15)22-19-11-12-23(20(24)25)13-18(19)16-7-9-17(21)10-8-16/h2-10,14,18-19,22H,11-13H2,1H3,(H,24,25). The maximum absolute atomic E-state index is 13.3. The molecule has 3 unspecified atom stereocenters. The molecule has 5 heteroatoms. The lowest BCUT2D eigenvalue weighted by atomic mass is 9.85. The number of piperidine rings is 1. The van der Waals surface area contributed by atoms with Crippen LogP contribution in [0.2, 0.25) is 0 Å². The van der Waals surface area contributed by atoms with Crippen LogP contribution in [0, 0.1) is 5.82 Å². The zero-order valence-corrected chi connectivity index (χ0v) is 14.2. The molecule has 1 amide bonds. The van der Waals surface area contributed by atoms with Gasteiger partial charge in [-0.2, -0.15) is 0 Å². The first-order valence-corrected chi connectivity index (χ1v) is 8.59. The van der Waals surface area contributed by atoms with Gasteiger partial charge in [0.1, 0.15) is 5.82 Å². The second-order valence-electron chi connectivity index (χ2n) is 6.58. The summed E-state index contributed by atoms with van der Waals surface area (Å²) in [6.07, 6.45) is -0.174. The Morgan fingerprint density at radius 2 is 1.88 bits per heavy atom. The molecule has 2 aromatic carbocycles. The molecule has 4 nitrogen and oxygen atoms in total. The Kier molecular flexibility index (Phi) is 5.34. The minimum atomic E-state index is -0.901. The highest BCUT2D eigenvalue weighted by Crippen LogP contribution is 2.29. The zero-order chi connectivity index (χ0) is 17.8. The Bertz CT molecular complexity index is 705. The summed E-state index contributed by atoms with van der Waals surface area (Å²) >= 11 is 0. The number of halogens is 1. The van der Waals surface area contributed by atoms with Crippen molar-refractivity contribution in [2.75, 3.05) is 13.1 Å². The Labute approximate surface area is 147 Å². The molecule has 1 aliphatic heterocycles. The number of benzene rings is 2. The van der Waals surface area contributed by atoms with Crippen LogP contribution in [0.15, 0.2) is 54.6 Å². The first-order chi connectivity index (χ1) is 12.0. The van der Waals surface area contributed by atoms with Crippen LogP contribution in [0.25, 0.3) is 0 Å². The number of carboxylic acid groups (broad SMARTS) is 1. The minimum Gasteiger partial charge on any atom is -0.465 e. The zero-order valence-electron chi connectivity index (χ0n) is 14.2. The van der Waals surface area contributed by atoms with E-state index < -0.39 is 6.09 Å². The van der Waals surface area contributed by atoms with Crippen molar-refractivity contribution in [3.63, 3.8) is 0 Å². The fourth-order valence-corrected chi connectivity index (χ4v) is 3.53. The monoisotopic (exact) mass is 342 g/mol. The fourth-order valence-electron chi connectivity index (χ4n) is 3.53. The van der Waals surface area contributed by atoms with Crippen molar-refractivity contribution in [1.82, 2.24) is 10.2 Å². The summed E-state index contributed by atoms with van der Waals surface area (Å²) in [6, 6.07) is 16.9. The van der Waals surface area contributed by atoms with Gasteiger partial charge < -0.3 is 15.3 Å². The van der Waals surface area contributed by atoms with Gasteiger partial charge in [-0.05, 0) is 36.6 Å². The molecule has 0 radical (unpaired) electrons. The van der Waals surface area contributed by atoms with Crippen molar-refractivity contribution >= 4 is 6.09 Å². The molecule has 0 bridgehead atoms. The summed E-state index contributed by atoms with van der Waals surface area (Å²) in [5.74, 6) is -0.284. The number of amides is 1. The molecule has 132 valence electrons. The molecule has 0 aromatic heterocycles. The molecule has 1 heterocycles. The average Bonchev–Trinajstić information content (AvgIpc) is 2.63. The van der Waals surface area contributed by atoms with E-state index in [0.717, 1.165) is 12.0 Å². The molecule has 0 spiro atoms. The fraction of sp³-hybridized carbons (Fsp3) is 0.350. The number of rotatable bonds is 4. The lowest BCUT2D eigenvalue weighted by Gasteiger charge is -2.39. The van der Waals surface area contributed by atoms with Crippen molar-refractivity contribution < 1.29 is 14.3 Å². The van der Waals surface area contributed by atoms with Crippen molar-refractivity contribution in [2.24, 2.45) is 0 Å². The van der Waals surface area contributed by atoms with E-state index in [1.54, 1.807) is 12.1 Å². The molecule has 1 saturated heterocycles. The van der Waals surface area contributed by atoms with E-state index in [1.807, 2.05) is 18.2 Å². The average molecular weight is 342 g/mol. The summed E-state index contributed by atoms with van der Waals surface area (Å²) in [4.78, 5) is 12.8. The Morgan fingerprint density at radius 1 is 1.20 bits per heavy atom. The van der Waals surface area contributed by atoms with Gasteiger partial charge in [-0.25, -0.2) is 9.18 Å². The van der Waals surface area contributed by atoms with E-state index in [-0.39, 0.29) is 23.8 Å². The topological polar surface area (TPSA) is 52.6 Å². The number of nitrogens with zero attached hydrogens (tertiary/aromatic N) is 1. The summed E-state index contributed by atoms with van der Waals surface area (Å²) in [7, 11) is 0. The van der Waals surface area contributed by atoms with Gasteiger partial charge in [0.2, 0.25) is 0 Å². The van der Waals surface area contributed by atoms with Gasteiger partial charge in [0, 0.05) is 31.1 Å². The molecule has 25 heavy (non-hydrogen) atoms. The molecule has 1 aliphatic rings. The molecular weight excluding hydrogens is 319 g/mol. The van der Waals surface area contributed by atoms with Crippen molar-refractivity contribution in [3.05, 3.63) is 71.5 Å². The second kappa shape index (κ2) is 7.66. The first-order valence-electron chi connectivity index (χ1n) is 8.59. The van der Waals surface area contributed by atoms with Crippen LogP contribution in [0.5, 0.6) is 0 Å². The maximum Gasteiger partial charge on any atom is 0.407 e. The lowest BCUT2D eigenvalue weighted by Crippen LogP contribution is -2.50.